The predicted octanol–water partition coefficient (Wildman–Crippen LogP) is 1.30. The fourth-order valence-corrected chi connectivity index (χ4v) is 1.53. The molecule has 84 valence electrons. The zero-order valence-corrected chi connectivity index (χ0v) is 9.37. The van der Waals surface area contributed by atoms with Crippen LogP contribution in [0, 0.1) is 0 Å². The molecule has 15 heavy (non-hydrogen) atoms. The van der Waals surface area contributed by atoms with Crippen LogP contribution in [0.3, 0.4) is 0 Å². The maximum Gasteiger partial charge on any atom is 0.294 e. The molecule has 1 atom stereocenters. The van der Waals surface area contributed by atoms with Crippen molar-refractivity contribution in [3.63, 3.8) is 0 Å². The van der Waals surface area contributed by atoms with Crippen LogP contribution in [-0.4, -0.2) is 25.6 Å². The van der Waals surface area contributed by atoms with E-state index in [0.717, 1.165) is 6.04 Å². The number of nitrogens with one attached hydrogen (secondary N) is 1. The molecule has 1 saturated heterocycles. The summed E-state index contributed by atoms with van der Waals surface area (Å²) in [5.41, 5.74) is 0. The van der Waals surface area contributed by atoms with E-state index in [2.05, 4.69) is 12.2 Å². The average molecular weight is 229 g/mol. The normalized spacial score (nSPS) is 19.7. The van der Waals surface area contributed by atoms with E-state index in [9.17, 15) is 8.42 Å². The molecule has 2 rings (SSSR count). The van der Waals surface area contributed by atoms with E-state index in [-0.39, 0.29) is 4.90 Å². The van der Waals surface area contributed by atoms with E-state index < -0.39 is 10.1 Å². The summed E-state index contributed by atoms with van der Waals surface area (Å²) in [6.07, 6.45) is 1.38. The summed E-state index contributed by atoms with van der Waals surface area (Å²) < 4.78 is 29.2. The molecular weight excluding hydrogens is 214 g/mol. The molecule has 2 N–H and O–H groups in total. The van der Waals surface area contributed by atoms with Crippen molar-refractivity contribution in [3.8, 4) is 0 Å². The molecule has 0 unspecified atom stereocenters. The molecule has 1 fully saturated rings. The Labute approximate surface area is 90.1 Å². The van der Waals surface area contributed by atoms with Gasteiger partial charge in [0.05, 0.1) is 4.90 Å². The second-order valence-electron chi connectivity index (χ2n) is 3.43. The van der Waals surface area contributed by atoms with E-state index >= 15 is 0 Å². The Bertz CT molecular complexity index is 384. The average Bonchev–Trinajstić information content (AvgIpc) is 2.16. The van der Waals surface area contributed by atoms with Crippen molar-refractivity contribution in [2.75, 3.05) is 6.54 Å². The molecule has 1 heterocycles. The maximum absolute atomic E-state index is 10.4. The SMILES string of the molecule is C[C@@H]1CCN1.O=S(=O)(O)c1ccccc1. The lowest BCUT2D eigenvalue weighted by Crippen LogP contribution is -2.39. The number of rotatable bonds is 1. The Balaban J connectivity index is 0.000000187. The predicted molar refractivity (Wildman–Crippen MR) is 58.3 cm³/mol. The molecule has 0 radical (unpaired) electrons. The summed E-state index contributed by atoms with van der Waals surface area (Å²) in [4.78, 5) is -0.0741. The minimum absolute atomic E-state index is 0.0741. The van der Waals surface area contributed by atoms with E-state index in [1.165, 1.54) is 25.1 Å². The van der Waals surface area contributed by atoms with Gasteiger partial charge in [0.2, 0.25) is 0 Å². The highest BCUT2D eigenvalue weighted by Crippen LogP contribution is 2.05. The highest BCUT2D eigenvalue weighted by molar-refractivity contribution is 7.85. The first-order chi connectivity index (χ1) is 7.00. The van der Waals surface area contributed by atoms with Gasteiger partial charge in [-0.3, -0.25) is 4.55 Å². The molecule has 1 aromatic rings. The Morgan fingerprint density at radius 3 is 2.00 bits per heavy atom. The Kier molecular flexibility index (Phi) is 4.26. The number of benzene rings is 1. The molecule has 0 aliphatic carbocycles. The first-order valence-corrected chi connectivity index (χ1v) is 6.20. The van der Waals surface area contributed by atoms with Gasteiger partial charge in [-0.1, -0.05) is 18.2 Å². The van der Waals surface area contributed by atoms with Crippen LogP contribution in [0.15, 0.2) is 35.2 Å². The minimum atomic E-state index is -4.00. The van der Waals surface area contributed by atoms with Gasteiger partial charge in [0.15, 0.2) is 0 Å². The van der Waals surface area contributed by atoms with E-state index in [0.29, 0.717) is 0 Å². The van der Waals surface area contributed by atoms with Gasteiger partial charge in [-0.05, 0) is 32.0 Å². The van der Waals surface area contributed by atoms with E-state index in [1.54, 1.807) is 18.2 Å². The van der Waals surface area contributed by atoms with Crippen molar-refractivity contribution in [2.45, 2.75) is 24.3 Å². The maximum atomic E-state index is 10.4. The third kappa shape index (κ3) is 4.42. The van der Waals surface area contributed by atoms with Crippen LogP contribution >= 0.6 is 0 Å². The van der Waals surface area contributed by atoms with Crippen LogP contribution in [0.5, 0.6) is 0 Å². The molecule has 5 heteroatoms. The molecule has 0 aromatic heterocycles. The zero-order chi connectivity index (χ0) is 11.3. The topological polar surface area (TPSA) is 66.4 Å². The van der Waals surface area contributed by atoms with Crippen molar-refractivity contribution >= 4 is 10.1 Å². The van der Waals surface area contributed by atoms with Gasteiger partial charge in [0.1, 0.15) is 0 Å². The quantitative estimate of drug-likeness (QED) is 0.712. The summed E-state index contributed by atoms with van der Waals surface area (Å²) in [7, 11) is -4.00. The zero-order valence-electron chi connectivity index (χ0n) is 8.55. The molecule has 1 aromatic carbocycles. The van der Waals surface area contributed by atoms with Crippen molar-refractivity contribution in [1.82, 2.24) is 5.32 Å². The molecule has 1 aliphatic rings. The lowest BCUT2D eigenvalue weighted by molar-refractivity contribution is 0.399. The Morgan fingerprint density at radius 1 is 1.33 bits per heavy atom. The molecule has 0 saturated carbocycles. The monoisotopic (exact) mass is 229 g/mol. The molecule has 4 nitrogen and oxygen atoms in total. The third-order valence-corrected chi connectivity index (χ3v) is 2.98. The van der Waals surface area contributed by atoms with E-state index in [4.69, 9.17) is 4.55 Å². The van der Waals surface area contributed by atoms with Crippen LogP contribution in [0.4, 0.5) is 0 Å². The van der Waals surface area contributed by atoms with Gasteiger partial charge >= 0.3 is 0 Å². The first kappa shape index (κ1) is 12.2. The number of hydrogen-bond donors (Lipinski definition) is 2. The van der Waals surface area contributed by atoms with Gasteiger partial charge in [0.25, 0.3) is 10.1 Å². The molecule has 1 aliphatic heterocycles. The van der Waals surface area contributed by atoms with Gasteiger partial charge in [0, 0.05) is 6.04 Å². The molecule has 0 bridgehead atoms. The summed E-state index contributed by atoms with van der Waals surface area (Å²) in [5.74, 6) is 0. The molecule has 0 amide bonds. The standard InChI is InChI=1S/C6H6O3S.C4H9N/c7-10(8,9)6-4-2-1-3-5-6;1-4-2-3-5-4/h1-5H,(H,7,8,9);4-5H,2-3H2,1H3/t;4-/m.1/s1. The third-order valence-electron chi connectivity index (χ3n) is 2.11. The van der Waals surface area contributed by atoms with Crippen molar-refractivity contribution in [1.29, 1.82) is 0 Å². The molecule has 0 spiro atoms. The minimum Gasteiger partial charge on any atom is -0.314 e. The Morgan fingerprint density at radius 2 is 1.80 bits per heavy atom. The van der Waals surface area contributed by atoms with Crippen LogP contribution in [0.2, 0.25) is 0 Å². The van der Waals surface area contributed by atoms with Crippen LogP contribution in [0.25, 0.3) is 0 Å². The number of hydrogen-bond acceptors (Lipinski definition) is 3. The fourth-order valence-electron chi connectivity index (χ4n) is 1.03. The fraction of sp³-hybridized carbons (Fsp3) is 0.400. The van der Waals surface area contributed by atoms with Crippen molar-refractivity contribution in [3.05, 3.63) is 30.3 Å². The lowest BCUT2D eigenvalue weighted by atomic mass is 10.1. The van der Waals surface area contributed by atoms with Crippen LogP contribution < -0.4 is 5.32 Å². The molecular formula is C10H15NO3S. The summed E-state index contributed by atoms with van der Waals surface area (Å²) in [6, 6.07) is 8.24. The van der Waals surface area contributed by atoms with E-state index in [1.807, 2.05) is 0 Å². The second kappa shape index (κ2) is 5.25. The highest BCUT2D eigenvalue weighted by Gasteiger charge is 2.07. The van der Waals surface area contributed by atoms with Crippen LogP contribution in [0.1, 0.15) is 13.3 Å². The second-order valence-corrected chi connectivity index (χ2v) is 4.85. The summed E-state index contributed by atoms with van der Waals surface area (Å²) >= 11 is 0. The van der Waals surface area contributed by atoms with Gasteiger partial charge in [-0.25, -0.2) is 0 Å². The van der Waals surface area contributed by atoms with Gasteiger partial charge in [-0.15, -0.1) is 0 Å². The lowest BCUT2D eigenvalue weighted by Gasteiger charge is -2.22. The van der Waals surface area contributed by atoms with Gasteiger partial charge < -0.3 is 5.32 Å². The van der Waals surface area contributed by atoms with Crippen molar-refractivity contribution < 1.29 is 13.0 Å². The summed E-state index contributed by atoms with van der Waals surface area (Å²) in [5, 5.41) is 3.21. The van der Waals surface area contributed by atoms with Crippen molar-refractivity contribution in [2.24, 2.45) is 0 Å². The smallest absolute Gasteiger partial charge is 0.294 e. The first-order valence-electron chi connectivity index (χ1n) is 4.76. The Hall–Kier alpha value is -0.910. The van der Waals surface area contributed by atoms with Gasteiger partial charge in [-0.2, -0.15) is 8.42 Å². The largest absolute Gasteiger partial charge is 0.314 e. The van der Waals surface area contributed by atoms with Crippen LogP contribution in [-0.2, 0) is 10.1 Å². The summed E-state index contributed by atoms with van der Waals surface area (Å²) in [6.45, 7) is 3.44. The highest BCUT2D eigenvalue weighted by atomic mass is 32.2.